The zero-order valence-electron chi connectivity index (χ0n) is 26.3. The molecule has 11 heteroatoms. The summed E-state index contributed by atoms with van der Waals surface area (Å²) in [6, 6.07) is 26.6. The largest absolute Gasteiger partial charge is 0.497 e. The van der Waals surface area contributed by atoms with Crippen LogP contribution in [-0.2, 0) is 19.6 Å². The first-order valence-electron chi connectivity index (χ1n) is 15.1. The lowest BCUT2D eigenvalue weighted by Crippen LogP contribution is -2.24. The van der Waals surface area contributed by atoms with Gasteiger partial charge in [-0.05, 0) is 76.9 Å². The molecule has 0 saturated carbocycles. The lowest BCUT2D eigenvalue weighted by molar-refractivity contribution is 0.0951. The number of nitrogens with one attached hydrogen (secondary N) is 3. The van der Waals surface area contributed by atoms with Gasteiger partial charge in [0.1, 0.15) is 29.5 Å². The van der Waals surface area contributed by atoms with Crippen LogP contribution >= 0.6 is 0 Å². The maximum Gasteiger partial charge on any atom is 0.255 e. The van der Waals surface area contributed by atoms with Crippen molar-refractivity contribution in [2.24, 2.45) is 0 Å². The van der Waals surface area contributed by atoms with Crippen LogP contribution in [-0.4, -0.2) is 35.1 Å². The Labute approximate surface area is 276 Å². The average Bonchev–Trinajstić information content (AvgIpc) is 3.13. The third kappa shape index (κ3) is 7.31. The van der Waals surface area contributed by atoms with Crippen LogP contribution in [0.1, 0.15) is 27.0 Å². The van der Waals surface area contributed by atoms with Crippen LogP contribution in [0.4, 0.5) is 20.4 Å². The Balaban J connectivity index is 1.16. The van der Waals surface area contributed by atoms with Gasteiger partial charge in [0.25, 0.3) is 5.91 Å². The highest BCUT2D eigenvalue weighted by Gasteiger charge is 2.14. The number of anilines is 2. The van der Waals surface area contributed by atoms with Crippen molar-refractivity contribution in [3.63, 3.8) is 0 Å². The number of halogens is 2. The summed E-state index contributed by atoms with van der Waals surface area (Å²) in [4.78, 5) is 26.3. The molecule has 2 aromatic heterocycles. The quantitative estimate of drug-likeness (QED) is 0.129. The standard InChI is InChI=1S/C37H32F2N6O3/c1-47-28-11-9-27(34(18-28)48-2)21-42-36-30-17-26(10-13-33(30)44-22-45-36)25-6-3-5-23(15-25)19-41-35-29(7-4-14-40-35)37(46)43-20-24-8-12-31(38)32(39)16-24/h3-18,22H,19-21H2,1-2H3,(H,40,41)(H,43,46)(H,42,44,45). The minimum atomic E-state index is -0.965. The fourth-order valence-electron chi connectivity index (χ4n) is 5.26. The molecule has 0 aliphatic heterocycles. The predicted molar refractivity (Wildman–Crippen MR) is 181 cm³/mol. The number of benzene rings is 4. The lowest BCUT2D eigenvalue weighted by Gasteiger charge is -2.14. The van der Waals surface area contributed by atoms with Crippen LogP contribution in [0.3, 0.4) is 0 Å². The van der Waals surface area contributed by atoms with Crippen molar-refractivity contribution in [1.29, 1.82) is 0 Å². The van der Waals surface area contributed by atoms with Gasteiger partial charge in [-0.3, -0.25) is 4.79 Å². The number of hydrogen-bond donors (Lipinski definition) is 3. The zero-order chi connectivity index (χ0) is 33.5. The van der Waals surface area contributed by atoms with E-state index in [1.165, 1.54) is 12.4 Å². The molecule has 0 spiro atoms. The molecule has 0 fully saturated rings. The van der Waals surface area contributed by atoms with Crippen molar-refractivity contribution in [3.05, 3.63) is 137 Å². The van der Waals surface area contributed by atoms with Gasteiger partial charge in [0.2, 0.25) is 0 Å². The van der Waals surface area contributed by atoms with Gasteiger partial charge >= 0.3 is 0 Å². The number of carbonyl (C=O) groups is 1. The maximum atomic E-state index is 13.6. The number of amides is 1. The van der Waals surface area contributed by atoms with Crippen LogP contribution in [0.25, 0.3) is 22.0 Å². The number of hydrogen-bond acceptors (Lipinski definition) is 8. The van der Waals surface area contributed by atoms with Crippen LogP contribution in [0.5, 0.6) is 11.5 Å². The molecule has 242 valence electrons. The number of nitrogens with zero attached hydrogens (tertiary/aromatic N) is 3. The summed E-state index contributed by atoms with van der Waals surface area (Å²) in [7, 11) is 3.25. The zero-order valence-corrected chi connectivity index (χ0v) is 26.3. The number of aromatic nitrogens is 3. The van der Waals surface area contributed by atoms with Crippen LogP contribution in [0.15, 0.2) is 104 Å². The SMILES string of the molecule is COc1ccc(CNc2ncnc3ccc(-c4cccc(CNc5ncccc5C(=O)NCc5ccc(F)c(F)c5)c4)cc23)c(OC)c1. The van der Waals surface area contributed by atoms with Gasteiger partial charge in [-0.2, -0.15) is 0 Å². The van der Waals surface area contributed by atoms with E-state index in [1.807, 2.05) is 48.5 Å². The second-order valence-corrected chi connectivity index (χ2v) is 10.9. The van der Waals surface area contributed by atoms with E-state index < -0.39 is 17.5 Å². The second kappa shape index (κ2) is 14.5. The summed E-state index contributed by atoms with van der Waals surface area (Å²) < 4.78 is 37.7. The summed E-state index contributed by atoms with van der Waals surface area (Å²) >= 11 is 0. The normalized spacial score (nSPS) is 10.8. The Morgan fingerprint density at radius 1 is 0.708 bits per heavy atom. The lowest BCUT2D eigenvalue weighted by atomic mass is 10.0. The van der Waals surface area contributed by atoms with E-state index in [0.717, 1.165) is 45.3 Å². The van der Waals surface area contributed by atoms with Crippen molar-refractivity contribution < 1.29 is 23.0 Å². The highest BCUT2D eigenvalue weighted by molar-refractivity contribution is 5.98. The van der Waals surface area contributed by atoms with E-state index in [4.69, 9.17) is 9.47 Å². The molecule has 6 rings (SSSR count). The van der Waals surface area contributed by atoms with Crippen molar-refractivity contribution in [2.75, 3.05) is 24.9 Å². The number of pyridine rings is 1. The molecule has 9 nitrogen and oxygen atoms in total. The Morgan fingerprint density at radius 3 is 2.38 bits per heavy atom. The number of fused-ring (bicyclic) bond motifs is 1. The number of rotatable bonds is 12. The van der Waals surface area contributed by atoms with Crippen molar-refractivity contribution in [2.45, 2.75) is 19.6 Å². The monoisotopic (exact) mass is 646 g/mol. The molecule has 48 heavy (non-hydrogen) atoms. The fraction of sp³-hybridized carbons (Fsp3) is 0.135. The highest BCUT2D eigenvalue weighted by Crippen LogP contribution is 2.30. The van der Waals surface area contributed by atoms with Gasteiger partial charge in [-0.25, -0.2) is 23.7 Å². The molecule has 1 amide bonds. The third-order valence-corrected chi connectivity index (χ3v) is 7.79. The Hall–Kier alpha value is -6.10. The van der Waals surface area contributed by atoms with E-state index in [9.17, 15) is 13.6 Å². The van der Waals surface area contributed by atoms with E-state index in [-0.39, 0.29) is 6.54 Å². The molecule has 0 bridgehead atoms. The van der Waals surface area contributed by atoms with Gasteiger partial charge in [0.05, 0.1) is 25.3 Å². The number of methoxy groups -OCH3 is 2. The van der Waals surface area contributed by atoms with E-state index >= 15 is 0 Å². The van der Waals surface area contributed by atoms with Gasteiger partial charge in [0.15, 0.2) is 11.6 Å². The second-order valence-electron chi connectivity index (χ2n) is 10.9. The summed E-state index contributed by atoms with van der Waals surface area (Å²) in [5, 5.41) is 10.3. The first kappa shape index (κ1) is 31.9. The van der Waals surface area contributed by atoms with E-state index in [0.29, 0.717) is 47.4 Å². The third-order valence-electron chi connectivity index (χ3n) is 7.79. The highest BCUT2D eigenvalue weighted by atomic mass is 19.2. The molecule has 0 radical (unpaired) electrons. The molecule has 2 heterocycles. The summed E-state index contributed by atoms with van der Waals surface area (Å²) in [5.74, 6) is 0.233. The van der Waals surface area contributed by atoms with Gasteiger partial charge in [0, 0.05) is 42.8 Å². The molecule has 0 aliphatic rings. The summed E-state index contributed by atoms with van der Waals surface area (Å²) in [6.07, 6.45) is 3.13. The van der Waals surface area contributed by atoms with Crippen molar-refractivity contribution >= 4 is 28.4 Å². The minimum Gasteiger partial charge on any atom is -0.497 e. The molecule has 0 unspecified atom stereocenters. The molecule has 4 aromatic carbocycles. The summed E-state index contributed by atoms with van der Waals surface area (Å²) in [5.41, 5.74) is 5.49. The Kier molecular flexibility index (Phi) is 9.66. The van der Waals surface area contributed by atoms with E-state index in [2.05, 4.69) is 43.0 Å². The minimum absolute atomic E-state index is 0.0378. The smallest absolute Gasteiger partial charge is 0.255 e. The molecule has 0 aliphatic carbocycles. The van der Waals surface area contributed by atoms with Crippen LogP contribution in [0.2, 0.25) is 0 Å². The molecule has 3 N–H and O–H groups in total. The Morgan fingerprint density at radius 2 is 1.54 bits per heavy atom. The number of ether oxygens (including phenoxy) is 2. The average molecular weight is 647 g/mol. The maximum absolute atomic E-state index is 13.6. The molecule has 6 aromatic rings. The summed E-state index contributed by atoms with van der Waals surface area (Å²) in [6.45, 7) is 0.931. The van der Waals surface area contributed by atoms with Crippen molar-refractivity contribution in [3.8, 4) is 22.6 Å². The first-order chi connectivity index (χ1) is 23.4. The van der Waals surface area contributed by atoms with Crippen LogP contribution < -0.4 is 25.4 Å². The number of carbonyl (C=O) groups excluding carboxylic acids is 1. The molecular formula is C37H32F2N6O3. The van der Waals surface area contributed by atoms with Gasteiger partial charge in [-0.1, -0.05) is 30.3 Å². The molecule has 0 saturated heterocycles. The predicted octanol–water partition coefficient (Wildman–Crippen LogP) is 7.14. The molecular weight excluding hydrogens is 614 g/mol. The van der Waals surface area contributed by atoms with Crippen LogP contribution in [0, 0.1) is 11.6 Å². The fourth-order valence-corrected chi connectivity index (χ4v) is 5.26. The van der Waals surface area contributed by atoms with Gasteiger partial charge < -0.3 is 25.4 Å². The van der Waals surface area contributed by atoms with Crippen molar-refractivity contribution in [1.82, 2.24) is 20.3 Å². The van der Waals surface area contributed by atoms with Gasteiger partial charge in [-0.15, -0.1) is 0 Å². The Bertz CT molecular complexity index is 2090. The topological polar surface area (TPSA) is 110 Å². The molecule has 0 atom stereocenters. The van der Waals surface area contributed by atoms with E-state index in [1.54, 1.807) is 32.5 Å². The first-order valence-corrected chi connectivity index (χ1v) is 15.1.